The third kappa shape index (κ3) is 4.93. The summed E-state index contributed by atoms with van der Waals surface area (Å²) in [5.74, 6) is 0.308. The van der Waals surface area contributed by atoms with Crippen molar-refractivity contribution < 1.29 is 18.0 Å². The van der Waals surface area contributed by atoms with Gasteiger partial charge in [-0.2, -0.15) is 23.5 Å². The molecule has 1 aliphatic rings. The maximum atomic E-state index is 13.0. The number of alkyl halides is 3. The van der Waals surface area contributed by atoms with Crippen LogP contribution in [0.2, 0.25) is 0 Å². The number of hydrogen-bond donors (Lipinski definition) is 3. The quantitative estimate of drug-likeness (QED) is 0.262. The molecule has 13 heteroatoms. The average Bonchev–Trinajstić information content (AvgIpc) is 3.30. The molecule has 0 bridgehead atoms. The van der Waals surface area contributed by atoms with Crippen molar-refractivity contribution in [3.05, 3.63) is 65.9 Å². The monoisotopic (exact) mass is 521 g/mol. The Balaban J connectivity index is 1.40. The second-order valence-corrected chi connectivity index (χ2v) is 8.99. The zero-order chi connectivity index (χ0) is 26.9. The normalized spacial score (nSPS) is 17.6. The molecule has 4 N–H and O–H groups in total. The zero-order valence-corrected chi connectivity index (χ0v) is 19.9. The van der Waals surface area contributed by atoms with Gasteiger partial charge in [0.05, 0.1) is 5.56 Å². The number of nitriles is 1. The van der Waals surface area contributed by atoms with Crippen molar-refractivity contribution in [3.8, 4) is 17.5 Å². The number of pyridine rings is 1. The molecule has 38 heavy (non-hydrogen) atoms. The summed E-state index contributed by atoms with van der Waals surface area (Å²) in [5, 5.41) is 18.5. The number of anilines is 2. The molecule has 1 aliphatic carbocycles. The highest BCUT2D eigenvalue weighted by molar-refractivity contribution is 6.04. The predicted molar refractivity (Wildman–Crippen MR) is 132 cm³/mol. The molecule has 1 aromatic carbocycles. The molecule has 0 saturated heterocycles. The summed E-state index contributed by atoms with van der Waals surface area (Å²) in [6.07, 6.45) is 3.12. The highest BCUT2D eigenvalue weighted by Gasteiger charge is 2.31. The molecule has 5 rings (SSSR count). The molecule has 4 aromatic rings. The van der Waals surface area contributed by atoms with Gasteiger partial charge in [-0.1, -0.05) is 12.1 Å². The Morgan fingerprint density at radius 1 is 1.11 bits per heavy atom. The summed E-state index contributed by atoms with van der Waals surface area (Å²) in [6, 6.07) is 8.20. The number of rotatable bonds is 5. The van der Waals surface area contributed by atoms with Crippen LogP contribution in [-0.4, -0.2) is 36.5 Å². The van der Waals surface area contributed by atoms with Gasteiger partial charge < -0.3 is 16.4 Å². The maximum Gasteiger partial charge on any atom is 0.416 e. The van der Waals surface area contributed by atoms with Crippen LogP contribution in [0.15, 0.2) is 48.9 Å². The Hall–Kier alpha value is -4.73. The van der Waals surface area contributed by atoms with Gasteiger partial charge in [0.15, 0.2) is 12.0 Å². The van der Waals surface area contributed by atoms with Crippen LogP contribution in [0, 0.1) is 11.5 Å². The molecule has 3 aromatic heterocycles. The number of amides is 1. The molecule has 194 valence electrons. The molecule has 1 fully saturated rings. The standard InChI is InChI=1S/C25H22F3N9O/c26-25(27,28)17-9-10-31-19(11-17)35-24(38)16-3-1-14(2-4-16)20-21-22(30)33-13-34-37(21)23(36-20)15-5-7-18(8-6-15)32-12-29/h1-4,9-11,13,15,18,32H,5-8H2,(H2,30,33,34)(H,31,35,38). The minimum absolute atomic E-state index is 0.118. The summed E-state index contributed by atoms with van der Waals surface area (Å²) in [6.45, 7) is 0. The number of nitrogens with two attached hydrogens (primary N) is 1. The first kappa shape index (κ1) is 24.9. The van der Waals surface area contributed by atoms with Gasteiger partial charge in [0.25, 0.3) is 5.91 Å². The van der Waals surface area contributed by atoms with Crippen LogP contribution in [0.1, 0.15) is 53.3 Å². The lowest BCUT2D eigenvalue weighted by Gasteiger charge is -2.26. The van der Waals surface area contributed by atoms with Crippen LogP contribution >= 0.6 is 0 Å². The van der Waals surface area contributed by atoms with Crippen molar-refractivity contribution in [1.29, 1.82) is 5.26 Å². The van der Waals surface area contributed by atoms with E-state index >= 15 is 0 Å². The van der Waals surface area contributed by atoms with Gasteiger partial charge in [-0.05, 0) is 49.9 Å². The minimum Gasteiger partial charge on any atom is -0.382 e. The van der Waals surface area contributed by atoms with Gasteiger partial charge in [0.1, 0.15) is 29.2 Å². The fourth-order valence-electron chi connectivity index (χ4n) is 4.67. The van der Waals surface area contributed by atoms with Gasteiger partial charge in [-0.3, -0.25) is 4.79 Å². The number of imidazole rings is 1. The van der Waals surface area contributed by atoms with Gasteiger partial charge in [-0.25, -0.2) is 19.5 Å². The third-order valence-electron chi connectivity index (χ3n) is 6.60. The first-order chi connectivity index (χ1) is 18.2. The predicted octanol–water partition coefficient (Wildman–Crippen LogP) is 4.14. The Morgan fingerprint density at radius 3 is 2.53 bits per heavy atom. The minimum atomic E-state index is -4.55. The molecule has 0 spiro atoms. The SMILES string of the molecule is N#CNC1CCC(c2nc(-c3ccc(C(=O)Nc4cc(C(F)(F)F)ccn4)cc3)c3c(N)ncnn23)CC1. The van der Waals surface area contributed by atoms with Crippen molar-refractivity contribution in [2.75, 3.05) is 11.1 Å². The van der Waals surface area contributed by atoms with E-state index < -0.39 is 17.6 Å². The van der Waals surface area contributed by atoms with Crippen LogP contribution in [0.3, 0.4) is 0 Å². The van der Waals surface area contributed by atoms with E-state index in [1.807, 2.05) is 6.19 Å². The number of carbonyl (C=O) groups excluding carboxylic acids is 1. The van der Waals surface area contributed by atoms with Crippen molar-refractivity contribution in [1.82, 2.24) is 29.9 Å². The molecule has 1 saturated carbocycles. The fourth-order valence-corrected chi connectivity index (χ4v) is 4.67. The van der Waals surface area contributed by atoms with Gasteiger partial charge in [0, 0.05) is 29.3 Å². The van der Waals surface area contributed by atoms with E-state index in [-0.39, 0.29) is 29.2 Å². The van der Waals surface area contributed by atoms with Crippen LogP contribution < -0.4 is 16.4 Å². The molecule has 0 aliphatic heterocycles. The Bertz CT molecular complexity index is 1520. The lowest BCUT2D eigenvalue weighted by Crippen LogP contribution is -2.29. The molecular weight excluding hydrogens is 499 g/mol. The number of halogens is 3. The van der Waals surface area contributed by atoms with Crippen LogP contribution in [0.5, 0.6) is 0 Å². The van der Waals surface area contributed by atoms with Crippen LogP contribution in [-0.2, 0) is 6.18 Å². The molecule has 0 atom stereocenters. The first-order valence-corrected chi connectivity index (χ1v) is 11.8. The molecule has 1 amide bonds. The smallest absolute Gasteiger partial charge is 0.382 e. The highest BCUT2D eigenvalue weighted by Crippen LogP contribution is 2.36. The summed E-state index contributed by atoms with van der Waals surface area (Å²) in [7, 11) is 0. The van der Waals surface area contributed by atoms with Crippen molar-refractivity contribution >= 4 is 23.1 Å². The van der Waals surface area contributed by atoms with E-state index in [1.165, 1.54) is 6.33 Å². The van der Waals surface area contributed by atoms with E-state index in [4.69, 9.17) is 16.0 Å². The zero-order valence-electron chi connectivity index (χ0n) is 19.9. The number of hydrogen-bond acceptors (Lipinski definition) is 8. The number of fused-ring (bicyclic) bond motifs is 1. The van der Waals surface area contributed by atoms with E-state index in [2.05, 4.69) is 25.7 Å². The number of carbonyl (C=O) groups is 1. The highest BCUT2D eigenvalue weighted by atomic mass is 19.4. The van der Waals surface area contributed by atoms with E-state index in [1.54, 1.807) is 28.8 Å². The van der Waals surface area contributed by atoms with Crippen LogP contribution in [0.25, 0.3) is 16.8 Å². The van der Waals surface area contributed by atoms with E-state index in [0.717, 1.165) is 49.8 Å². The molecule has 3 heterocycles. The summed E-state index contributed by atoms with van der Waals surface area (Å²) < 4.78 is 40.6. The molecule has 10 nitrogen and oxygen atoms in total. The fraction of sp³-hybridized carbons (Fsp3) is 0.280. The van der Waals surface area contributed by atoms with Crippen LogP contribution in [0.4, 0.5) is 24.8 Å². The summed E-state index contributed by atoms with van der Waals surface area (Å²) in [4.78, 5) is 25.4. The van der Waals surface area contributed by atoms with E-state index in [0.29, 0.717) is 16.8 Å². The Morgan fingerprint density at radius 2 is 1.84 bits per heavy atom. The van der Waals surface area contributed by atoms with E-state index in [9.17, 15) is 18.0 Å². The van der Waals surface area contributed by atoms with Crippen molar-refractivity contribution in [3.63, 3.8) is 0 Å². The number of nitrogens with zero attached hydrogens (tertiary/aromatic N) is 6. The van der Waals surface area contributed by atoms with Gasteiger partial charge in [0.2, 0.25) is 0 Å². The Labute approximate surface area is 214 Å². The Kier molecular flexibility index (Phi) is 6.54. The summed E-state index contributed by atoms with van der Waals surface area (Å²) in [5.41, 5.74) is 7.29. The third-order valence-corrected chi connectivity index (χ3v) is 6.60. The topological polar surface area (TPSA) is 147 Å². The molecular formula is C25H22F3N9O. The maximum absolute atomic E-state index is 13.0. The largest absolute Gasteiger partial charge is 0.416 e. The lowest BCUT2D eigenvalue weighted by atomic mass is 9.85. The summed E-state index contributed by atoms with van der Waals surface area (Å²) >= 11 is 0. The van der Waals surface area contributed by atoms with Gasteiger partial charge >= 0.3 is 6.18 Å². The molecule has 0 unspecified atom stereocenters. The number of nitrogens with one attached hydrogen (secondary N) is 2. The number of nitrogen functional groups attached to an aromatic ring is 1. The number of benzene rings is 1. The number of aromatic nitrogens is 5. The molecule has 0 radical (unpaired) electrons. The second kappa shape index (κ2) is 9.97. The van der Waals surface area contributed by atoms with Gasteiger partial charge in [-0.15, -0.1) is 0 Å². The second-order valence-electron chi connectivity index (χ2n) is 8.99. The van der Waals surface area contributed by atoms with Crippen molar-refractivity contribution in [2.45, 2.75) is 43.8 Å². The first-order valence-electron chi connectivity index (χ1n) is 11.8. The van der Waals surface area contributed by atoms with Crippen molar-refractivity contribution in [2.24, 2.45) is 0 Å². The lowest BCUT2D eigenvalue weighted by molar-refractivity contribution is -0.137. The average molecular weight is 522 g/mol.